The first-order valence-electron chi connectivity index (χ1n) is 7.12. The van der Waals surface area contributed by atoms with Crippen LogP contribution in [0.3, 0.4) is 0 Å². The summed E-state index contributed by atoms with van der Waals surface area (Å²) >= 11 is 0. The van der Waals surface area contributed by atoms with Crippen molar-refractivity contribution in [3.63, 3.8) is 0 Å². The predicted octanol–water partition coefficient (Wildman–Crippen LogP) is 4.07. The lowest BCUT2D eigenvalue weighted by Crippen LogP contribution is -2.23. The van der Waals surface area contributed by atoms with Gasteiger partial charge in [-0.15, -0.1) is 0 Å². The molecule has 0 saturated carbocycles. The highest BCUT2D eigenvalue weighted by Gasteiger charge is 2.16. The number of nitrogens with zero attached hydrogens (tertiary/aromatic N) is 1. The fourth-order valence-corrected chi connectivity index (χ4v) is 2.58. The minimum Gasteiger partial charge on any atom is -0.306 e. The van der Waals surface area contributed by atoms with E-state index in [1.54, 1.807) is 12.3 Å². The average Bonchev–Trinajstić information content (AvgIpc) is 2.53. The molecule has 0 fully saturated rings. The van der Waals surface area contributed by atoms with E-state index in [1.165, 1.54) is 6.07 Å². The highest BCUT2D eigenvalue weighted by Crippen LogP contribution is 2.26. The topological polar surface area (TPSA) is 24.9 Å². The molecular weight excluding hydrogens is 263 g/mol. The first-order valence-corrected chi connectivity index (χ1v) is 7.12. The molecule has 1 unspecified atom stereocenters. The number of fused-ring (bicyclic) bond motifs is 1. The normalized spacial score (nSPS) is 12.5. The molecule has 1 N–H and O–H groups in total. The zero-order valence-electron chi connectivity index (χ0n) is 11.9. The summed E-state index contributed by atoms with van der Waals surface area (Å²) in [5, 5.41) is 4.44. The molecule has 2 nitrogen and oxygen atoms in total. The summed E-state index contributed by atoms with van der Waals surface area (Å²) in [5.74, 6) is -0.190. The summed E-state index contributed by atoms with van der Waals surface area (Å²) in [6.45, 7) is 2.78. The number of pyridine rings is 1. The summed E-state index contributed by atoms with van der Waals surface area (Å²) < 4.78 is 14.1. The van der Waals surface area contributed by atoms with Crippen molar-refractivity contribution in [3.05, 3.63) is 77.7 Å². The molecule has 3 heteroatoms. The van der Waals surface area contributed by atoms with E-state index >= 15 is 0 Å². The van der Waals surface area contributed by atoms with E-state index in [0.29, 0.717) is 5.56 Å². The largest absolute Gasteiger partial charge is 0.306 e. The summed E-state index contributed by atoms with van der Waals surface area (Å²) in [5.41, 5.74) is 2.61. The van der Waals surface area contributed by atoms with Crippen LogP contribution in [0.2, 0.25) is 0 Å². The van der Waals surface area contributed by atoms with Gasteiger partial charge in [-0.2, -0.15) is 0 Å². The number of benzene rings is 2. The Kier molecular flexibility index (Phi) is 3.93. The summed E-state index contributed by atoms with van der Waals surface area (Å²) in [6.07, 6.45) is 1.78. The average molecular weight is 280 g/mol. The zero-order chi connectivity index (χ0) is 14.7. The molecule has 0 aliphatic rings. The maximum absolute atomic E-state index is 14.1. The number of halogens is 1. The number of nitrogens with one attached hydrogen (secondary N) is 1. The van der Waals surface area contributed by atoms with Crippen LogP contribution in [-0.2, 0) is 0 Å². The van der Waals surface area contributed by atoms with E-state index in [0.717, 1.165) is 23.0 Å². The molecule has 1 aromatic heterocycles. The van der Waals surface area contributed by atoms with Gasteiger partial charge in [0.05, 0.1) is 11.6 Å². The third kappa shape index (κ3) is 2.78. The molecule has 3 aromatic rings. The first-order chi connectivity index (χ1) is 10.3. The molecule has 0 amide bonds. The second-order valence-electron chi connectivity index (χ2n) is 4.97. The van der Waals surface area contributed by atoms with Gasteiger partial charge in [0.1, 0.15) is 5.82 Å². The SMILES string of the molecule is CCNC(c1ccc2cccnc2c1)c1ccccc1F. The van der Waals surface area contributed by atoms with Gasteiger partial charge in [-0.1, -0.05) is 43.3 Å². The van der Waals surface area contributed by atoms with Crippen LogP contribution < -0.4 is 5.32 Å². The molecule has 3 rings (SSSR count). The lowest BCUT2D eigenvalue weighted by Gasteiger charge is -2.20. The molecule has 0 spiro atoms. The number of rotatable bonds is 4. The van der Waals surface area contributed by atoms with E-state index in [2.05, 4.69) is 10.3 Å². The number of aromatic nitrogens is 1. The van der Waals surface area contributed by atoms with E-state index in [-0.39, 0.29) is 11.9 Å². The number of hydrogen-bond donors (Lipinski definition) is 1. The Morgan fingerprint density at radius 2 is 1.95 bits per heavy atom. The van der Waals surface area contributed by atoms with Crippen molar-refractivity contribution in [1.82, 2.24) is 10.3 Å². The Morgan fingerprint density at radius 3 is 2.76 bits per heavy atom. The second kappa shape index (κ2) is 6.02. The summed E-state index contributed by atoms with van der Waals surface area (Å²) in [4.78, 5) is 4.38. The standard InChI is InChI=1S/C18H17FN2/c1-2-20-18(15-7-3-4-8-16(15)19)14-10-9-13-6-5-11-21-17(13)12-14/h3-12,18,20H,2H2,1H3. The van der Waals surface area contributed by atoms with Gasteiger partial charge >= 0.3 is 0 Å². The third-order valence-corrected chi connectivity index (χ3v) is 3.59. The van der Waals surface area contributed by atoms with Crippen LogP contribution in [0.5, 0.6) is 0 Å². The Labute approximate surface area is 123 Å². The zero-order valence-corrected chi connectivity index (χ0v) is 11.9. The van der Waals surface area contributed by atoms with Crippen LogP contribution in [0.25, 0.3) is 10.9 Å². The highest BCUT2D eigenvalue weighted by atomic mass is 19.1. The lowest BCUT2D eigenvalue weighted by atomic mass is 9.97. The summed E-state index contributed by atoms with van der Waals surface area (Å²) in [6, 6.07) is 16.8. The summed E-state index contributed by atoms with van der Waals surface area (Å²) in [7, 11) is 0. The van der Waals surface area contributed by atoms with Crippen molar-refractivity contribution in [2.75, 3.05) is 6.54 Å². The molecule has 0 radical (unpaired) electrons. The Balaban J connectivity index is 2.09. The van der Waals surface area contributed by atoms with Gasteiger partial charge in [0.25, 0.3) is 0 Å². The fourth-order valence-electron chi connectivity index (χ4n) is 2.58. The van der Waals surface area contributed by atoms with E-state index < -0.39 is 0 Å². The van der Waals surface area contributed by atoms with Crippen LogP contribution in [0.15, 0.2) is 60.8 Å². The van der Waals surface area contributed by atoms with Gasteiger partial charge in [-0.05, 0) is 30.3 Å². The smallest absolute Gasteiger partial charge is 0.128 e. The van der Waals surface area contributed by atoms with Crippen molar-refractivity contribution < 1.29 is 4.39 Å². The van der Waals surface area contributed by atoms with Gasteiger partial charge in [0, 0.05) is 17.1 Å². The first kappa shape index (κ1) is 13.7. The molecular formula is C18H17FN2. The molecule has 2 aromatic carbocycles. The Morgan fingerprint density at radius 1 is 1.10 bits per heavy atom. The van der Waals surface area contributed by atoms with Gasteiger partial charge < -0.3 is 5.32 Å². The van der Waals surface area contributed by atoms with E-state index in [1.807, 2.05) is 49.4 Å². The maximum atomic E-state index is 14.1. The molecule has 106 valence electrons. The lowest BCUT2D eigenvalue weighted by molar-refractivity contribution is 0.559. The molecule has 0 bridgehead atoms. The molecule has 21 heavy (non-hydrogen) atoms. The number of hydrogen-bond acceptors (Lipinski definition) is 2. The maximum Gasteiger partial charge on any atom is 0.128 e. The van der Waals surface area contributed by atoms with Crippen LogP contribution in [0.1, 0.15) is 24.1 Å². The van der Waals surface area contributed by atoms with Crippen LogP contribution in [0.4, 0.5) is 4.39 Å². The highest BCUT2D eigenvalue weighted by molar-refractivity contribution is 5.79. The van der Waals surface area contributed by atoms with Gasteiger partial charge in [0.15, 0.2) is 0 Å². The minimum absolute atomic E-state index is 0.164. The fraction of sp³-hybridized carbons (Fsp3) is 0.167. The Bertz CT molecular complexity index is 755. The van der Waals surface area contributed by atoms with Crippen LogP contribution in [0, 0.1) is 5.82 Å². The van der Waals surface area contributed by atoms with Crippen LogP contribution >= 0.6 is 0 Å². The van der Waals surface area contributed by atoms with Crippen molar-refractivity contribution in [1.29, 1.82) is 0 Å². The molecule has 0 aliphatic heterocycles. The van der Waals surface area contributed by atoms with Gasteiger partial charge in [-0.25, -0.2) is 4.39 Å². The molecule has 0 saturated heterocycles. The van der Waals surface area contributed by atoms with Crippen LogP contribution in [-0.4, -0.2) is 11.5 Å². The van der Waals surface area contributed by atoms with E-state index in [9.17, 15) is 4.39 Å². The minimum atomic E-state index is -0.190. The van der Waals surface area contributed by atoms with Crippen molar-refractivity contribution in [2.45, 2.75) is 13.0 Å². The van der Waals surface area contributed by atoms with Crippen molar-refractivity contribution >= 4 is 10.9 Å². The third-order valence-electron chi connectivity index (χ3n) is 3.59. The molecule has 1 heterocycles. The monoisotopic (exact) mass is 280 g/mol. The Hall–Kier alpha value is -2.26. The quantitative estimate of drug-likeness (QED) is 0.779. The van der Waals surface area contributed by atoms with Gasteiger partial charge in [0.2, 0.25) is 0 Å². The molecule has 0 aliphatic carbocycles. The predicted molar refractivity (Wildman–Crippen MR) is 83.7 cm³/mol. The van der Waals surface area contributed by atoms with Gasteiger partial charge in [-0.3, -0.25) is 4.98 Å². The van der Waals surface area contributed by atoms with E-state index in [4.69, 9.17) is 0 Å². The second-order valence-corrected chi connectivity index (χ2v) is 4.97. The molecule has 1 atom stereocenters. The van der Waals surface area contributed by atoms with Crippen molar-refractivity contribution in [2.24, 2.45) is 0 Å². The van der Waals surface area contributed by atoms with Crippen molar-refractivity contribution in [3.8, 4) is 0 Å².